The third kappa shape index (κ3) is 2.25. The van der Waals surface area contributed by atoms with Gasteiger partial charge in [0.15, 0.2) is 0 Å². The Kier molecular flexibility index (Phi) is 3.84. The number of anilines is 1. The molecule has 0 amide bonds. The second kappa shape index (κ2) is 4.14. The van der Waals surface area contributed by atoms with E-state index in [4.69, 9.17) is 5.84 Å². The van der Waals surface area contributed by atoms with Crippen LogP contribution in [0.5, 0.6) is 0 Å². The molecule has 0 aliphatic carbocycles. The summed E-state index contributed by atoms with van der Waals surface area (Å²) >= 11 is 0. The molecule has 3 N–H and O–H groups in total. The van der Waals surface area contributed by atoms with E-state index in [1.165, 1.54) is 5.56 Å². The Morgan fingerprint density at radius 3 is 2.10 bits per heavy atom. The van der Waals surface area contributed by atoms with E-state index in [0.29, 0.717) is 0 Å². The van der Waals surface area contributed by atoms with Gasteiger partial charge in [0.25, 0.3) is 0 Å². The van der Waals surface area contributed by atoms with Crippen LogP contribution in [-0.4, -0.2) is 0 Å². The van der Waals surface area contributed by atoms with Gasteiger partial charge in [-0.3, -0.25) is 5.84 Å². The molecule has 0 radical (unpaired) electrons. The van der Waals surface area contributed by atoms with Gasteiger partial charge in [0, 0.05) is 5.69 Å². The first-order chi connectivity index (χ1) is 4.33. The van der Waals surface area contributed by atoms with Crippen molar-refractivity contribution in [2.45, 2.75) is 6.92 Å². The summed E-state index contributed by atoms with van der Waals surface area (Å²) in [5.41, 5.74) is 4.74. The Morgan fingerprint density at radius 1 is 1.20 bits per heavy atom. The van der Waals surface area contributed by atoms with Crippen LogP contribution in [0.1, 0.15) is 5.56 Å². The van der Waals surface area contributed by atoms with Gasteiger partial charge in [0.05, 0.1) is 0 Å². The lowest BCUT2D eigenvalue weighted by molar-refractivity contribution is 1.34. The Morgan fingerprint density at radius 2 is 1.70 bits per heavy atom. The van der Waals surface area contributed by atoms with Crippen LogP contribution >= 0.6 is 12.4 Å². The van der Waals surface area contributed by atoms with Crippen molar-refractivity contribution in [1.82, 2.24) is 0 Å². The van der Waals surface area contributed by atoms with Gasteiger partial charge in [0.2, 0.25) is 0 Å². The molecule has 0 fully saturated rings. The van der Waals surface area contributed by atoms with Gasteiger partial charge in [-0.1, -0.05) is 17.7 Å². The van der Waals surface area contributed by atoms with Crippen LogP contribution in [0.15, 0.2) is 24.3 Å². The number of nitrogen functional groups attached to an aromatic ring is 1. The number of aryl methyl sites for hydroxylation is 1. The second-order valence-electron chi connectivity index (χ2n) is 2.01. The van der Waals surface area contributed by atoms with Gasteiger partial charge >= 0.3 is 0 Å². The SMILES string of the molecule is Cc1ccc(NN)cc1.Cl. The lowest BCUT2D eigenvalue weighted by Gasteiger charge is -1.97. The maximum atomic E-state index is 5.15. The molecule has 0 saturated carbocycles. The molecule has 0 aliphatic rings. The van der Waals surface area contributed by atoms with Crippen molar-refractivity contribution in [3.05, 3.63) is 29.8 Å². The summed E-state index contributed by atoms with van der Waals surface area (Å²) in [6.45, 7) is 2.04. The summed E-state index contributed by atoms with van der Waals surface area (Å²) in [4.78, 5) is 0. The van der Waals surface area contributed by atoms with Crippen LogP contribution in [0.25, 0.3) is 0 Å². The van der Waals surface area contributed by atoms with Crippen molar-refractivity contribution in [3.8, 4) is 0 Å². The highest BCUT2D eigenvalue weighted by molar-refractivity contribution is 5.85. The van der Waals surface area contributed by atoms with Crippen molar-refractivity contribution < 1.29 is 0 Å². The quantitative estimate of drug-likeness (QED) is 0.482. The van der Waals surface area contributed by atoms with Crippen molar-refractivity contribution in [2.75, 3.05) is 5.43 Å². The van der Waals surface area contributed by atoms with E-state index in [0.717, 1.165) is 5.69 Å². The molecule has 0 aliphatic heterocycles. The van der Waals surface area contributed by atoms with Crippen LogP contribution in [0.2, 0.25) is 0 Å². The Balaban J connectivity index is 0.000000810. The number of hydrogen-bond acceptors (Lipinski definition) is 2. The third-order valence-electron chi connectivity index (χ3n) is 1.22. The summed E-state index contributed by atoms with van der Waals surface area (Å²) < 4.78 is 0. The topological polar surface area (TPSA) is 38.0 Å². The minimum absolute atomic E-state index is 0. The summed E-state index contributed by atoms with van der Waals surface area (Å²) in [7, 11) is 0. The Bertz CT molecular complexity index is 183. The van der Waals surface area contributed by atoms with E-state index in [-0.39, 0.29) is 12.4 Å². The molecule has 0 atom stereocenters. The minimum atomic E-state index is 0. The zero-order chi connectivity index (χ0) is 6.69. The molecule has 10 heavy (non-hydrogen) atoms. The van der Waals surface area contributed by atoms with E-state index in [9.17, 15) is 0 Å². The zero-order valence-electron chi connectivity index (χ0n) is 5.79. The van der Waals surface area contributed by atoms with Crippen LogP contribution in [0.4, 0.5) is 5.69 Å². The molecule has 0 saturated heterocycles. The average Bonchev–Trinajstić information content (AvgIpc) is 1.90. The van der Waals surface area contributed by atoms with Crippen LogP contribution in [-0.2, 0) is 0 Å². The molecular formula is C7H11ClN2. The van der Waals surface area contributed by atoms with Crippen LogP contribution < -0.4 is 11.3 Å². The summed E-state index contributed by atoms with van der Waals surface area (Å²) in [5, 5.41) is 0. The monoisotopic (exact) mass is 158 g/mol. The molecule has 1 aromatic carbocycles. The molecule has 56 valence electrons. The third-order valence-corrected chi connectivity index (χ3v) is 1.22. The first-order valence-corrected chi connectivity index (χ1v) is 2.86. The number of halogens is 1. The summed E-state index contributed by atoms with van der Waals surface area (Å²) in [5.74, 6) is 5.15. The molecule has 0 heterocycles. The van der Waals surface area contributed by atoms with E-state index in [2.05, 4.69) is 5.43 Å². The molecule has 0 bridgehead atoms. The van der Waals surface area contributed by atoms with Crippen LogP contribution in [0, 0.1) is 6.92 Å². The van der Waals surface area contributed by atoms with Gasteiger partial charge in [0.1, 0.15) is 0 Å². The van der Waals surface area contributed by atoms with Gasteiger partial charge < -0.3 is 5.43 Å². The number of nitrogens with two attached hydrogens (primary N) is 1. The van der Waals surface area contributed by atoms with Crippen LogP contribution in [0.3, 0.4) is 0 Å². The first-order valence-electron chi connectivity index (χ1n) is 2.86. The Hall–Kier alpha value is -0.730. The molecular weight excluding hydrogens is 148 g/mol. The highest BCUT2D eigenvalue weighted by Gasteiger charge is 1.84. The normalized spacial score (nSPS) is 8.20. The van der Waals surface area contributed by atoms with E-state index >= 15 is 0 Å². The summed E-state index contributed by atoms with van der Waals surface area (Å²) in [6, 6.07) is 7.90. The number of nitrogens with one attached hydrogen (secondary N) is 1. The molecule has 3 heteroatoms. The van der Waals surface area contributed by atoms with E-state index < -0.39 is 0 Å². The number of rotatable bonds is 1. The molecule has 0 unspecified atom stereocenters. The van der Waals surface area contributed by atoms with Crippen molar-refractivity contribution >= 4 is 18.1 Å². The minimum Gasteiger partial charge on any atom is -0.324 e. The van der Waals surface area contributed by atoms with Gasteiger partial charge in [-0.2, -0.15) is 0 Å². The van der Waals surface area contributed by atoms with Gasteiger partial charge in [-0.05, 0) is 19.1 Å². The highest BCUT2D eigenvalue weighted by Crippen LogP contribution is 2.05. The zero-order valence-corrected chi connectivity index (χ0v) is 6.61. The van der Waals surface area contributed by atoms with Crippen molar-refractivity contribution in [2.24, 2.45) is 5.84 Å². The predicted molar refractivity (Wildman–Crippen MR) is 46.2 cm³/mol. The number of hydrogen-bond donors (Lipinski definition) is 2. The fraction of sp³-hybridized carbons (Fsp3) is 0.143. The van der Waals surface area contributed by atoms with Gasteiger partial charge in [-0.15, -0.1) is 12.4 Å². The smallest absolute Gasteiger partial charge is 0.0485 e. The summed E-state index contributed by atoms with van der Waals surface area (Å²) in [6.07, 6.45) is 0. The average molecular weight is 159 g/mol. The fourth-order valence-electron chi connectivity index (χ4n) is 0.650. The first kappa shape index (κ1) is 9.27. The lowest BCUT2D eigenvalue weighted by atomic mass is 10.2. The fourth-order valence-corrected chi connectivity index (χ4v) is 0.650. The largest absolute Gasteiger partial charge is 0.324 e. The Labute approximate surface area is 66.8 Å². The van der Waals surface area contributed by atoms with E-state index in [1.807, 2.05) is 31.2 Å². The van der Waals surface area contributed by atoms with Gasteiger partial charge in [-0.25, -0.2) is 0 Å². The standard InChI is InChI=1S/C7H10N2.ClH/c1-6-2-4-7(9-8)5-3-6;/h2-5,9H,8H2,1H3;1H. The van der Waals surface area contributed by atoms with Crippen molar-refractivity contribution in [1.29, 1.82) is 0 Å². The lowest BCUT2D eigenvalue weighted by Crippen LogP contribution is -2.05. The predicted octanol–water partition coefficient (Wildman–Crippen LogP) is 1.70. The maximum Gasteiger partial charge on any atom is 0.0485 e. The molecule has 2 nitrogen and oxygen atoms in total. The molecule has 1 rings (SSSR count). The van der Waals surface area contributed by atoms with Crippen molar-refractivity contribution in [3.63, 3.8) is 0 Å². The van der Waals surface area contributed by atoms with E-state index in [1.54, 1.807) is 0 Å². The molecule has 1 aromatic rings. The molecule has 0 spiro atoms. The highest BCUT2D eigenvalue weighted by atomic mass is 35.5. The molecule has 0 aromatic heterocycles. The number of benzene rings is 1. The second-order valence-corrected chi connectivity index (χ2v) is 2.01. The maximum absolute atomic E-state index is 5.15. The number of hydrazine groups is 1.